The molecule has 0 bridgehead atoms. The van der Waals surface area contributed by atoms with E-state index >= 15 is 0 Å². The Morgan fingerprint density at radius 1 is 1.25 bits per heavy atom. The molecule has 24 heavy (non-hydrogen) atoms. The number of anilines is 1. The molecule has 1 aliphatic rings. The normalized spacial score (nSPS) is 16.3. The van der Waals surface area contributed by atoms with E-state index in [-0.39, 0.29) is 18.0 Å². The molecule has 6 heteroatoms. The second-order valence-electron chi connectivity index (χ2n) is 5.61. The Kier molecular flexibility index (Phi) is 6.17. The molecule has 1 atom stereocenters. The molecule has 1 fully saturated rings. The van der Waals surface area contributed by atoms with Gasteiger partial charge in [-0.3, -0.25) is 4.79 Å². The average Bonchev–Trinajstić information content (AvgIpc) is 3.09. The van der Waals surface area contributed by atoms with Crippen LogP contribution in [0.3, 0.4) is 0 Å². The third kappa shape index (κ3) is 4.04. The molecular formula is C18H20ClFN2O2. The predicted molar refractivity (Wildman–Crippen MR) is 94.8 cm³/mol. The van der Waals surface area contributed by atoms with Gasteiger partial charge in [0.1, 0.15) is 11.6 Å². The quantitative estimate of drug-likeness (QED) is 0.886. The highest BCUT2D eigenvalue weighted by Crippen LogP contribution is 2.24. The molecule has 0 aromatic heterocycles. The van der Waals surface area contributed by atoms with Crippen LogP contribution < -0.4 is 15.4 Å². The van der Waals surface area contributed by atoms with E-state index in [0.717, 1.165) is 19.5 Å². The van der Waals surface area contributed by atoms with Crippen molar-refractivity contribution >= 4 is 24.0 Å². The van der Waals surface area contributed by atoms with E-state index in [4.69, 9.17) is 4.74 Å². The van der Waals surface area contributed by atoms with Crippen LogP contribution in [0, 0.1) is 5.82 Å². The first-order chi connectivity index (χ1) is 11.2. The molecule has 1 aliphatic heterocycles. The predicted octanol–water partition coefficient (Wildman–Crippen LogP) is 3.59. The van der Waals surface area contributed by atoms with Crippen LogP contribution in [0.5, 0.6) is 5.75 Å². The molecule has 128 valence electrons. The fourth-order valence-corrected chi connectivity index (χ4v) is 2.78. The summed E-state index contributed by atoms with van der Waals surface area (Å²) in [4.78, 5) is 12.2. The topological polar surface area (TPSA) is 50.4 Å². The minimum Gasteiger partial charge on any atom is -0.497 e. The summed E-state index contributed by atoms with van der Waals surface area (Å²) in [5.74, 6) is -0.164. The average molecular weight is 351 g/mol. The number of nitrogens with one attached hydrogen (secondary N) is 2. The summed E-state index contributed by atoms with van der Waals surface area (Å²) >= 11 is 0. The van der Waals surface area contributed by atoms with Gasteiger partial charge in [0.2, 0.25) is 0 Å². The van der Waals surface area contributed by atoms with Crippen molar-refractivity contribution in [3.8, 4) is 5.75 Å². The Morgan fingerprint density at radius 3 is 2.58 bits per heavy atom. The fourth-order valence-electron chi connectivity index (χ4n) is 2.78. The second-order valence-corrected chi connectivity index (χ2v) is 5.61. The summed E-state index contributed by atoms with van der Waals surface area (Å²) in [5, 5.41) is 6.05. The highest BCUT2D eigenvalue weighted by Gasteiger charge is 2.17. The zero-order valence-corrected chi connectivity index (χ0v) is 14.2. The number of amides is 1. The summed E-state index contributed by atoms with van der Waals surface area (Å²) in [6, 6.07) is 11.9. The van der Waals surface area contributed by atoms with Crippen LogP contribution in [0.15, 0.2) is 42.5 Å². The highest BCUT2D eigenvalue weighted by molar-refractivity contribution is 6.04. The number of hydrogen-bond acceptors (Lipinski definition) is 3. The van der Waals surface area contributed by atoms with Crippen molar-refractivity contribution in [2.24, 2.45) is 0 Å². The first kappa shape index (κ1) is 18.2. The zero-order valence-electron chi connectivity index (χ0n) is 13.3. The van der Waals surface area contributed by atoms with E-state index < -0.39 is 11.7 Å². The molecule has 1 saturated heterocycles. The van der Waals surface area contributed by atoms with E-state index in [2.05, 4.69) is 10.6 Å². The number of carbonyl (C=O) groups excluding carboxylic acids is 1. The highest BCUT2D eigenvalue weighted by atomic mass is 35.5. The standard InChI is InChI=1S/C18H19FN2O2.ClH/c1-23-15-6-7-16(17(19)10-15)18(22)21-14-4-2-12(3-5-14)13-8-9-20-11-13;/h2-7,10,13,20H,8-9,11H2,1H3,(H,21,22);1H. The Labute approximate surface area is 146 Å². The first-order valence-electron chi connectivity index (χ1n) is 7.63. The first-order valence-corrected chi connectivity index (χ1v) is 7.63. The molecule has 3 rings (SSSR count). The molecule has 1 amide bonds. The molecular weight excluding hydrogens is 331 g/mol. The van der Waals surface area contributed by atoms with Crippen LogP contribution in [0.4, 0.5) is 10.1 Å². The van der Waals surface area contributed by atoms with Gasteiger partial charge in [-0.15, -0.1) is 12.4 Å². The van der Waals surface area contributed by atoms with Gasteiger partial charge in [0, 0.05) is 18.3 Å². The number of ether oxygens (including phenoxy) is 1. The van der Waals surface area contributed by atoms with Crippen LogP contribution in [0.2, 0.25) is 0 Å². The van der Waals surface area contributed by atoms with Gasteiger partial charge in [-0.1, -0.05) is 12.1 Å². The molecule has 0 radical (unpaired) electrons. The molecule has 1 unspecified atom stereocenters. The van der Waals surface area contributed by atoms with E-state index in [1.165, 1.54) is 24.8 Å². The number of methoxy groups -OCH3 is 1. The Morgan fingerprint density at radius 2 is 2.00 bits per heavy atom. The molecule has 2 aromatic rings. The maximum Gasteiger partial charge on any atom is 0.258 e. The van der Waals surface area contributed by atoms with Crippen molar-refractivity contribution < 1.29 is 13.9 Å². The summed E-state index contributed by atoms with van der Waals surface area (Å²) < 4.78 is 18.8. The summed E-state index contributed by atoms with van der Waals surface area (Å²) in [6.07, 6.45) is 1.13. The number of benzene rings is 2. The summed E-state index contributed by atoms with van der Waals surface area (Å²) in [7, 11) is 1.45. The Balaban J connectivity index is 0.00000208. The summed E-state index contributed by atoms with van der Waals surface area (Å²) in [5.41, 5.74) is 1.90. The minimum atomic E-state index is -0.601. The third-order valence-electron chi connectivity index (χ3n) is 4.12. The van der Waals surface area contributed by atoms with Gasteiger partial charge in [0.15, 0.2) is 0 Å². The molecule has 0 spiro atoms. The molecule has 0 saturated carbocycles. The largest absolute Gasteiger partial charge is 0.497 e. The smallest absolute Gasteiger partial charge is 0.258 e. The van der Waals surface area contributed by atoms with E-state index in [0.29, 0.717) is 17.4 Å². The van der Waals surface area contributed by atoms with E-state index in [9.17, 15) is 9.18 Å². The van der Waals surface area contributed by atoms with Gasteiger partial charge in [-0.2, -0.15) is 0 Å². The maximum absolute atomic E-state index is 13.9. The van der Waals surface area contributed by atoms with Gasteiger partial charge in [0.05, 0.1) is 12.7 Å². The van der Waals surface area contributed by atoms with Crippen LogP contribution >= 0.6 is 12.4 Å². The minimum absolute atomic E-state index is 0. The Bertz CT molecular complexity index is 701. The number of halogens is 2. The number of hydrogen-bond donors (Lipinski definition) is 2. The van der Waals surface area contributed by atoms with E-state index in [1.807, 2.05) is 24.3 Å². The molecule has 2 aromatic carbocycles. The van der Waals surface area contributed by atoms with Crippen LogP contribution in [0.25, 0.3) is 0 Å². The van der Waals surface area contributed by atoms with Gasteiger partial charge >= 0.3 is 0 Å². The Hall–Kier alpha value is -2.11. The fraction of sp³-hybridized carbons (Fsp3) is 0.278. The van der Waals surface area contributed by atoms with Gasteiger partial charge in [-0.25, -0.2) is 4.39 Å². The van der Waals surface area contributed by atoms with Crippen molar-refractivity contribution in [1.82, 2.24) is 5.32 Å². The van der Waals surface area contributed by atoms with Crippen LogP contribution in [0.1, 0.15) is 28.3 Å². The third-order valence-corrected chi connectivity index (χ3v) is 4.12. The summed E-state index contributed by atoms with van der Waals surface area (Å²) in [6.45, 7) is 2.03. The van der Waals surface area contributed by atoms with Crippen molar-refractivity contribution in [1.29, 1.82) is 0 Å². The van der Waals surface area contributed by atoms with Gasteiger partial charge < -0.3 is 15.4 Å². The molecule has 0 aliphatic carbocycles. The molecule has 4 nitrogen and oxygen atoms in total. The van der Waals surface area contributed by atoms with Crippen LogP contribution in [-0.4, -0.2) is 26.1 Å². The van der Waals surface area contributed by atoms with Crippen molar-refractivity contribution in [3.63, 3.8) is 0 Å². The SMILES string of the molecule is COc1ccc(C(=O)Nc2ccc(C3CCNC3)cc2)c(F)c1.Cl. The van der Waals surface area contributed by atoms with Crippen molar-refractivity contribution in [2.45, 2.75) is 12.3 Å². The monoisotopic (exact) mass is 350 g/mol. The molecule has 1 heterocycles. The zero-order chi connectivity index (χ0) is 16.2. The van der Waals surface area contributed by atoms with Gasteiger partial charge in [0.25, 0.3) is 5.91 Å². The van der Waals surface area contributed by atoms with Crippen LogP contribution in [-0.2, 0) is 0 Å². The van der Waals surface area contributed by atoms with E-state index in [1.54, 1.807) is 6.07 Å². The number of carbonyl (C=O) groups is 1. The lowest BCUT2D eigenvalue weighted by molar-refractivity contribution is 0.102. The van der Waals surface area contributed by atoms with Crippen molar-refractivity contribution in [2.75, 3.05) is 25.5 Å². The lowest BCUT2D eigenvalue weighted by Gasteiger charge is -2.11. The lowest BCUT2D eigenvalue weighted by atomic mass is 9.98. The van der Waals surface area contributed by atoms with Gasteiger partial charge in [-0.05, 0) is 48.7 Å². The number of rotatable bonds is 4. The lowest BCUT2D eigenvalue weighted by Crippen LogP contribution is -2.14. The maximum atomic E-state index is 13.9. The molecule has 2 N–H and O–H groups in total. The second kappa shape index (κ2) is 8.13. The van der Waals surface area contributed by atoms with Crippen molar-refractivity contribution in [3.05, 3.63) is 59.4 Å².